The summed E-state index contributed by atoms with van der Waals surface area (Å²) in [6.07, 6.45) is 0.217. The maximum absolute atomic E-state index is 12.3. The Bertz CT molecular complexity index is 715. The van der Waals surface area contributed by atoms with E-state index in [-0.39, 0.29) is 18.3 Å². The van der Waals surface area contributed by atoms with E-state index in [0.29, 0.717) is 23.8 Å². The number of nitrogens with zero attached hydrogens (tertiary/aromatic N) is 3. The van der Waals surface area contributed by atoms with Gasteiger partial charge in [-0.1, -0.05) is 12.1 Å². The molecule has 3 rings (SSSR count). The largest absolute Gasteiger partial charge is 0.497 e. The van der Waals surface area contributed by atoms with E-state index < -0.39 is 0 Å². The summed E-state index contributed by atoms with van der Waals surface area (Å²) in [5.41, 5.74) is 7.34. The van der Waals surface area contributed by atoms with Gasteiger partial charge in [0, 0.05) is 0 Å². The second-order valence-corrected chi connectivity index (χ2v) is 4.90. The van der Waals surface area contributed by atoms with Crippen molar-refractivity contribution in [1.82, 2.24) is 9.97 Å². The fraction of sp³-hybridized carbons (Fsp3) is 0.267. The number of amides is 1. The first-order valence-electron chi connectivity index (χ1n) is 6.76. The third-order valence-electron chi connectivity index (χ3n) is 3.54. The van der Waals surface area contributed by atoms with Crippen molar-refractivity contribution < 1.29 is 14.3 Å². The van der Waals surface area contributed by atoms with Gasteiger partial charge in [-0.2, -0.15) is 9.97 Å². The van der Waals surface area contributed by atoms with E-state index in [1.807, 2.05) is 24.3 Å². The molecular weight excluding hydrogens is 284 g/mol. The number of rotatable bonds is 4. The average Bonchev–Trinajstić information content (AvgIpc) is 2.83. The Morgan fingerprint density at radius 2 is 1.91 bits per heavy atom. The number of carbonyl (C=O) groups is 1. The molecule has 7 heteroatoms. The van der Waals surface area contributed by atoms with Gasteiger partial charge in [0.1, 0.15) is 11.6 Å². The van der Waals surface area contributed by atoms with E-state index in [0.717, 1.165) is 11.3 Å². The summed E-state index contributed by atoms with van der Waals surface area (Å²) < 4.78 is 10.3. The summed E-state index contributed by atoms with van der Waals surface area (Å²) in [6.45, 7) is 0.412. The molecule has 0 saturated heterocycles. The van der Waals surface area contributed by atoms with Crippen LogP contribution in [0.4, 0.5) is 11.8 Å². The van der Waals surface area contributed by atoms with Crippen LogP contribution in [0, 0.1) is 0 Å². The summed E-state index contributed by atoms with van der Waals surface area (Å²) in [7, 11) is 3.11. The summed E-state index contributed by atoms with van der Waals surface area (Å²) in [4.78, 5) is 22.1. The number of aromatic nitrogens is 2. The fourth-order valence-corrected chi connectivity index (χ4v) is 2.46. The zero-order chi connectivity index (χ0) is 15.7. The lowest BCUT2D eigenvalue weighted by molar-refractivity contribution is -0.117. The minimum absolute atomic E-state index is 0.0518. The Hall–Kier alpha value is -2.83. The third-order valence-corrected chi connectivity index (χ3v) is 3.54. The number of hydrogen-bond acceptors (Lipinski definition) is 6. The van der Waals surface area contributed by atoms with Gasteiger partial charge in [0.05, 0.1) is 32.7 Å². The van der Waals surface area contributed by atoms with Crippen molar-refractivity contribution in [3.8, 4) is 11.6 Å². The number of fused-ring (bicyclic) bond motifs is 1. The minimum Gasteiger partial charge on any atom is -0.497 e. The lowest BCUT2D eigenvalue weighted by Gasteiger charge is -2.17. The second-order valence-electron chi connectivity index (χ2n) is 4.90. The third kappa shape index (κ3) is 2.41. The molecule has 0 spiro atoms. The van der Waals surface area contributed by atoms with Crippen LogP contribution in [0.5, 0.6) is 11.6 Å². The highest BCUT2D eigenvalue weighted by Gasteiger charge is 2.32. The standard InChI is InChI=1S/C15H16N4O3/c1-21-10-5-3-9(4-6-10)8-19-12(20)7-11-13(19)17-15(16)18-14(11)22-2/h3-6H,7-8H2,1-2H3,(H2,16,17,18). The molecular formula is C15H16N4O3. The van der Waals surface area contributed by atoms with E-state index in [1.165, 1.54) is 7.11 Å². The average molecular weight is 300 g/mol. The number of ether oxygens (including phenoxy) is 2. The highest BCUT2D eigenvalue weighted by Crippen LogP contribution is 2.34. The number of nitrogen functional groups attached to an aromatic ring is 1. The van der Waals surface area contributed by atoms with Gasteiger partial charge in [0.2, 0.25) is 17.7 Å². The molecule has 0 bridgehead atoms. The maximum atomic E-state index is 12.3. The summed E-state index contributed by atoms with van der Waals surface area (Å²) in [5, 5.41) is 0. The van der Waals surface area contributed by atoms with Crippen LogP contribution in [0.15, 0.2) is 24.3 Å². The second kappa shape index (κ2) is 5.51. The molecule has 2 aromatic rings. The predicted molar refractivity (Wildman–Crippen MR) is 80.9 cm³/mol. The van der Waals surface area contributed by atoms with E-state index >= 15 is 0 Å². The zero-order valence-electron chi connectivity index (χ0n) is 12.4. The van der Waals surface area contributed by atoms with Crippen molar-refractivity contribution in [3.63, 3.8) is 0 Å². The number of hydrogen-bond donors (Lipinski definition) is 1. The first kappa shape index (κ1) is 14.1. The Balaban J connectivity index is 1.92. The van der Waals surface area contributed by atoms with E-state index in [9.17, 15) is 4.79 Å². The maximum Gasteiger partial charge on any atom is 0.233 e. The molecule has 0 radical (unpaired) electrons. The van der Waals surface area contributed by atoms with Crippen molar-refractivity contribution in [1.29, 1.82) is 0 Å². The molecule has 0 fully saturated rings. The van der Waals surface area contributed by atoms with Gasteiger partial charge in [-0.05, 0) is 17.7 Å². The normalized spacial score (nSPS) is 13.2. The quantitative estimate of drug-likeness (QED) is 0.911. The van der Waals surface area contributed by atoms with Gasteiger partial charge < -0.3 is 15.2 Å². The smallest absolute Gasteiger partial charge is 0.233 e. The van der Waals surface area contributed by atoms with Gasteiger partial charge in [-0.15, -0.1) is 0 Å². The fourth-order valence-electron chi connectivity index (χ4n) is 2.46. The van der Waals surface area contributed by atoms with Crippen LogP contribution < -0.4 is 20.1 Å². The van der Waals surface area contributed by atoms with Crippen molar-refractivity contribution in [3.05, 3.63) is 35.4 Å². The molecule has 1 aliphatic heterocycles. The first-order chi connectivity index (χ1) is 10.6. The molecule has 2 N–H and O–H groups in total. The minimum atomic E-state index is -0.0518. The van der Waals surface area contributed by atoms with E-state index in [2.05, 4.69) is 9.97 Å². The molecule has 22 heavy (non-hydrogen) atoms. The lowest BCUT2D eigenvalue weighted by Crippen LogP contribution is -2.26. The van der Waals surface area contributed by atoms with Gasteiger partial charge in [0.15, 0.2) is 0 Å². The van der Waals surface area contributed by atoms with Crippen LogP contribution in [0.3, 0.4) is 0 Å². The zero-order valence-corrected chi connectivity index (χ0v) is 12.4. The van der Waals surface area contributed by atoms with E-state index in [1.54, 1.807) is 12.0 Å². The molecule has 2 heterocycles. The van der Waals surface area contributed by atoms with Gasteiger partial charge in [-0.3, -0.25) is 9.69 Å². The molecule has 0 aliphatic carbocycles. The van der Waals surface area contributed by atoms with Crippen molar-refractivity contribution in [2.45, 2.75) is 13.0 Å². The molecule has 0 atom stereocenters. The predicted octanol–water partition coefficient (Wildman–Crippen LogP) is 1.17. The molecule has 0 saturated carbocycles. The molecule has 1 amide bonds. The van der Waals surface area contributed by atoms with Gasteiger partial charge in [-0.25, -0.2) is 0 Å². The molecule has 7 nitrogen and oxygen atoms in total. The summed E-state index contributed by atoms with van der Waals surface area (Å²) in [5.74, 6) is 1.68. The van der Waals surface area contributed by atoms with E-state index in [4.69, 9.17) is 15.2 Å². The van der Waals surface area contributed by atoms with Crippen LogP contribution in [-0.4, -0.2) is 30.1 Å². The number of methoxy groups -OCH3 is 2. The van der Waals surface area contributed by atoms with Gasteiger partial charge in [0.25, 0.3) is 0 Å². The van der Waals surface area contributed by atoms with Crippen LogP contribution in [0.1, 0.15) is 11.1 Å². The lowest BCUT2D eigenvalue weighted by atomic mass is 10.2. The molecule has 0 unspecified atom stereocenters. The van der Waals surface area contributed by atoms with Crippen LogP contribution in [0.25, 0.3) is 0 Å². The number of benzene rings is 1. The first-order valence-corrected chi connectivity index (χ1v) is 6.76. The monoisotopic (exact) mass is 300 g/mol. The Morgan fingerprint density at radius 3 is 2.55 bits per heavy atom. The van der Waals surface area contributed by atoms with Crippen LogP contribution >= 0.6 is 0 Å². The highest BCUT2D eigenvalue weighted by atomic mass is 16.5. The van der Waals surface area contributed by atoms with Crippen molar-refractivity contribution in [2.75, 3.05) is 24.9 Å². The number of carbonyl (C=O) groups excluding carboxylic acids is 1. The molecule has 1 aromatic heterocycles. The van der Waals surface area contributed by atoms with Crippen LogP contribution in [0.2, 0.25) is 0 Å². The molecule has 1 aliphatic rings. The number of nitrogens with two attached hydrogens (primary N) is 1. The molecule has 114 valence electrons. The highest BCUT2D eigenvalue weighted by molar-refractivity contribution is 6.01. The molecule has 1 aromatic carbocycles. The Morgan fingerprint density at radius 1 is 1.18 bits per heavy atom. The summed E-state index contributed by atoms with van der Waals surface area (Å²) >= 11 is 0. The topological polar surface area (TPSA) is 90.6 Å². The van der Waals surface area contributed by atoms with Crippen molar-refractivity contribution in [2.24, 2.45) is 0 Å². The number of anilines is 2. The Kier molecular flexibility index (Phi) is 3.54. The summed E-state index contributed by atoms with van der Waals surface area (Å²) in [6, 6.07) is 7.52. The van der Waals surface area contributed by atoms with Gasteiger partial charge >= 0.3 is 0 Å². The van der Waals surface area contributed by atoms with Crippen LogP contribution in [-0.2, 0) is 17.8 Å². The SMILES string of the molecule is COc1ccc(CN2C(=O)Cc3c(OC)nc(N)nc32)cc1. The Labute approximate surface area is 127 Å². The van der Waals surface area contributed by atoms with Crippen molar-refractivity contribution >= 4 is 17.7 Å².